The summed E-state index contributed by atoms with van der Waals surface area (Å²) in [5, 5.41) is 13.1. The van der Waals surface area contributed by atoms with Gasteiger partial charge in [-0.25, -0.2) is 9.48 Å². The summed E-state index contributed by atoms with van der Waals surface area (Å²) < 4.78 is 11.9. The van der Waals surface area contributed by atoms with Crippen molar-refractivity contribution in [2.75, 3.05) is 13.7 Å². The lowest BCUT2D eigenvalue weighted by Gasteiger charge is -2.23. The van der Waals surface area contributed by atoms with Crippen molar-refractivity contribution in [2.45, 2.75) is 25.5 Å². The van der Waals surface area contributed by atoms with E-state index >= 15 is 0 Å². The van der Waals surface area contributed by atoms with Crippen molar-refractivity contribution >= 4 is 12.0 Å². The van der Waals surface area contributed by atoms with Gasteiger partial charge < -0.3 is 9.47 Å². The van der Waals surface area contributed by atoms with Crippen LogP contribution in [0.15, 0.2) is 17.8 Å². The lowest BCUT2D eigenvalue weighted by atomic mass is 10.2. The van der Waals surface area contributed by atoms with Crippen LogP contribution in [0.3, 0.4) is 0 Å². The highest BCUT2D eigenvalue weighted by Crippen LogP contribution is 2.24. The second kappa shape index (κ2) is 6.16. The van der Waals surface area contributed by atoms with Gasteiger partial charge in [0.05, 0.1) is 12.8 Å². The summed E-state index contributed by atoms with van der Waals surface area (Å²) in [6, 6.07) is 3.56. The zero-order valence-electron chi connectivity index (χ0n) is 10.7. The van der Waals surface area contributed by atoms with E-state index in [1.54, 1.807) is 16.9 Å². The molecule has 0 spiro atoms. The standard InChI is InChI=1S/C13H15N3O3/c1-18-13(17)10(9-14)8-11-5-6-15-16(11)12-4-2-3-7-19-12/h5-6,8,12H,2-4,7H2,1H3/b10-8+/t12-/m0/s1. The molecular formula is C13H15N3O3. The molecule has 1 atom stereocenters. The van der Waals surface area contributed by atoms with E-state index in [4.69, 9.17) is 10.00 Å². The van der Waals surface area contributed by atoms with Crippen LogP contribution in [0.25, 0.3) is 6.08 Å². The van der Waals surface area contributed by atoms with Crippen molar-refractivity contribution in [2.24, 2.45) is 0 Å². The Bertz CT molecular complexity index is 521. The number of methoxy groups -OCH3 is 1. The van der Waals surface area contributed by atoms with Crippen LogP contribution < -0.4 is 0 Å². The molecule has 0 N–H and O–H groups in total. The van der Waals surface area contributed by atoms with E-state index in [0.717, 1.165) is 19.3 Å². The fourth-order valence-electron chi connectivity index (χ4n) is 1.99. The van der Waals surface area contributed by atoms with E-state index in [1.165, 1.54) is 13.2 Å². The summed E-state index contributed by atoms with van der Waals surface area (Å²) in [4.78, 5) is 11.4. The Balaban J connectivity index is 2.26. The molecule has 1 aromatic heterocycles. The third kappa shape index (κ3) is 3.01. The predicted octanol–water partition coefficient (Wildman–Crippen LogP) is 1.66. The predicted molar refractivity (Wildman–Crippen MR) is 66.7 cm³/mol. The van der Waals surface area contributed by atoms with Crippen molar-refractivity contribution in [3.63, 3.8) is 0 Å². The number of carbonyl (C=O) groups is 1. The number of nitriles is 1. The molecule has 2 rings (SSSR count). The van der Waals surface area contributed by atoms with E-state index in [0.29, 0.717) is 12.3 Å². The van der Waals surface area contributed by atoms with E-state index in [1.807, 2.05) is 6.07 Å². The SMILES string of the molecule is COC(=O)/C(C#N)=C/c1ccnn1[C@@H]1CCCCO1. The fourth-order valence-corrected chi connectivity index (χ4v) is 1.99. The number of rotatable bonds is 3. The quantitative estimate of drug-likeness (QED) is 0.470. The molecule has 2 heterocycles. The highest BCUT2D eigenvalue weighted by atomic mass is 16.5. The number of hydrogen-bond donors (Lipinski definition) is 0. The molecule has 6 heteroatoms. The first-order valence-corrected chi connectivity index (χ1v) is 6.11. The van der Waals surface area contributed by atoms with Crippen molar-refractivity contribution in [3.8, 4) is 6.07 Å². The van der Waals surface area contributed by atoms with Crippen LogP contribution in [-0.2, 0) is 14.3 Å². The van der Waals surface area contributed by atoms with Gasteiger partial charge in [0.2, 0.25) is 0 Å². The third-order valence-electron chi connectivity index (χ3n) is 2.95. The van der Waals surface area contributed by atoms with Gasteiger partial charge in [-0.3, -0.25) is 0 Å². The van der Waals surface area contributed by atoms with Gasteiger partial charge in [-0.2, -0.15) is 10.4 Å². The summed E-state index contributed by atoms with van der Waals surface area (Å²) in [6.45, 7) is 0.704. The van der Waals surface area contributed by atoms with Gasteiger partial charge in [0, 0.05) is 12.8 Å². The summed E-state index contributed by atoms with van der Waals surface area (Å²) >= 11 is 0. The zero-order chi connectivity index (χ0) is 13.7. The number of nitrogens with zero attached hydrogens (tertiary/aromatic N) is 3. The normalized spacial score (nSPS) is 19.8. The molecule has 1 saturated heterocycles. The Hall–Kier alpha value is -2.13. The molecular weight excluding hydrogens is 246 g/mol. The minimum absolute atomic E-state index is 0.0555. The van der Waals surface area contributed by atoms with Gasteiger partial charge in [0.15, 0.2) is 6.23 Å². The highest BCUT2D eigenvalue weighted by Gasteiger charge is 2.19. The van der Waals surface area contributed by atoms with Crippen LogP contribution in [0.4, 0.5) is 0 Å². The first-order chi connectivity index (χ1) is 9.26. The fraction of sp³-hybridized carbons (Fsp3) is 0.462. The van der Waals surface area contributed by atoms with Gasteiger partial charge in [0.25, 0.3) is 0 Å². The van der Waals surface area contributed by atoms with Gasteiger partial charge in [0.1, 0.15) is 11.6 Å². The molecule has 100 valence electrons. The number of esters is 1. The van der Waals surface area contributed by atoms with Crippen molar-refractivity contribution in [1.29, 1.82) is 5.26 Å². The Morgan fingerprint density at radius 1 is 1.68 bits per heavy atom. The molecule has 0 bridgehead atoms. The van der Waals surface area contributed by atoms with E-state index in [2.05, 4.69) is 9.84 Å². The Kier molecular flexibility index (Phi) is 4.31. The minimum Gasteiger partial charge on any atom is -0.465 e. The Morgan fingerprint density at radius 2 is 2.53 bits per heavy atom. The molecule has 1 aliphatic rings. The molecule has 0 aromatic carbocycles. The smallest absolute Gasteiger partial charge is 0.348 e. The van der Waals surface area contributed by atoms with Crippen LogP contribution in [0.2, 0.25) is 0 Å². The second-order valence-electron chi connectivity index (χ2n) is 4.18. The molecule has 6 nitrogen and oxygen atoms in total. The number of hydrogen-bond acceptors (Lipinski definition) is 5. The molecule has 0 amide bonds. The van der Waals surface area contributed by atoms with Gasteiger partial charge in [-0.1, -0.05) is 0 Å². The maximum Gasteiger partial charge on any atom is 0.348 e. The Labute approximate surface area is 111 Å². The van der Waals surface area contributed by atoms with Crippen LogP contribution in [0, 0.1) is 11.3 Å². The molecule has 1 aromatic rings. The zero-order valence-corrected chi connectivity index (χ0v) is 10.7. The Morgan fingerprint density at radius 3 is 3.16 bits per heavy atom. The van der Waals surface area contributed by atoms with Crippen LogP contribution in [-0.4, -0.2) is 29.5 Å². The lowest BCUT2D eigenvalue weighted by Crippen LogP contribution is -2.20. The highest BCUT2D eigenvalue weighted by molar-refractivity contribution is 5.97. The summed E-state index contributed by atoms with van der Waals surface area (Å²) in [5.74, 6) is -0.653. The van der Waals surface area contributed by atoms with Gasteiger partial charge >= 0.3 is 5.97 Å². The topological polar surface area (TPSA) is 77.1 Å². The summed E-state index contributed by atoms with van der Waals surface area (Å²) in [5.41, 5.74) is 0.605. The summed E-state index contributed by atoms with van der Waals surface area (Å²) in [7, 11) is 1.25. The average Bonchev–Trinajstić information content (AvgIpc) is 2.93. The largest absolute Gasteiger partial charge is 0.465 e. The van der Waals surface area contributed by atoms with Crippen LogP contribution in [0.1, 0.15) is 31.2 Å². The molecule has 1 fully saturated rings. The minimum atomic E-state index is -0.653. The van der Waals surface area contributed by atoms with Crippen molar-refractivity contribution in [1.82, 2.24) is 9.78 Å². The first-order valence-electron chi connectivity index (χ1n) is 6.11. The monoisotopic (exact) mass is 261 g/mol. The van der Waals surface area contributed by atoms with Crippen molar-refractivity contribution < 1.29 is 14.3 Å². The van der Waals surface area contributed by atoms with Crippen LogP contribution in [0.5, 0.6) is 0 Å². The molecule has 19 heavy (non-hydrogen) atoms. The van der Waals surface area contributed by atoms with Gasteiger partial charge in [-0.15, -0.1) is 0 Å². The van der Waals surface area contributed by atoms with E-state index in [9.17, 15) is 4.79 Å². The maximum atomic E-state index is 11.4. The van der Waals surface area contributed by atoms with Crippen LogP contribution >= 0.6 is 0 Å². The second-order valence-corrected chi connectivity index (χ2v) is 4.18. The molecule has 0 saturated carbocycles. The number of ether oxygens (including phenoxy) is 2. The third-order valence-corrected chi connectivity index (χ3v) is 2.95. The average molecular weight is 261 g/mol. The van der Waals surface area contributed by atoms with E-state index in [-0.39, 0.29) is 11.8 Å². The maximum absolute atomic E-state index is 11.4. The molecule has 0 radical (unpaired) electrons. The molecule has 0 unspecified atom stereocenters. The molecule has 0 aliphatic carbocycles. The van der Waals surface area contributed by atoms with Crippen molar-refractivity contribution in [3.05, 3.63) is 23.5 Å². The molecule has 1 aliphatic heterocycles. The summed E-state index contributed by atoms with van der Waals surface area (Å²) in [6.07, 6.45) is 5.97. The lowest BCUT2D eigenvalue weighted by molar-refractivity contribution is -0.135. The van der Waals surface area contributed by atoms with E-state index < -0.39 is 5.97 Å². The number of aromatic nitrogens is 2. The first kappa shape index (κ1) is 13.3. The van der Waals surface area contributed by atoms with Gasteiger partial charge in [-0.05, 0) is 31.4 Å². The number of carbonyl (C=O) groups excluding carboxylic acids is 1.